The number of nitrogens with two attached hydrogens (primary N) is 1. The molecule has 1 aliphatic carbocycles. The van der Waals surface area contributed by atoms with Gasteiger partial charge < -0.3 is 10.6 Å². The van der Waals surface area contributed by atoms with Gasteiger partial charge in [-0.1, -0.05) is 17.7 Å². The maximum Gasteiger partial charge on any atom is 0.0399 e. The second-order valence-electron chi connectivity index (χ2n) is 5.16. The molecular weight excluding hydrogens is 196 g/mol. The number of hydrogen-bond acceptors (Lipinski definition) is 2. The third-order valence-electron chi connectivity index (χ3n) is 3.25. The number of nitrogens with zero attached hydrogens (tertiary/aromatic N) is 1. The predicted molar refractivity (Wildman–Crippen MR) is 70.0 cm³/mol. The summed E-state index contributed by atoms with van der Waals surface area (Å²) in [6.07, 6.45) is 3.64. The number of benzene rings is 1. The van der Waals surface area contributed by atoms with Gasteiger partial charge in [0.15, 0.2) is 0 Å². The molecular formula is C14H22N2. The minimum atomic E-state index is 0.230. The van der Waals surface area contributed by atoms with Crippen LogP contribution in [0.4, 0.5) is 5.69 Å². The van der Waals surface area contributed by atoms with E-state index >= 15 is 0 Å². The van der Waals surface area contributed by atoms with Crippen LogP contribution in [-0.4, -0.2) is 19.1 Å². The highest BCUT2D eigenvalue weighted by Gasteiger charge is 2.27. The third kappa shape index (κ3) is 2.56. The summed E-state index contributed by atoms with van der Waals surface area (Å²) in [5.74, 6) is 0. The van der Waals surface area contributed by atoms with Gasteiger partial charge in [-0.05, 0) is 44.7 Å². The van der Waals surface area contributed by atoms with Crippen LogP contribution in [0.3, 0.4) is 0 Å². The quantitative estimate of drug-likeness (QED) is 0.841. The van der Waals surface area contributed by atoms with E-state index in [9.17, 15) is 0 Å². The Kier molecular flexibility index (Phi) is 3.20. The van der Waals surface area contributed by atoms with Crippen LogP contribution in [0, 0.1) is 6.92 Å². The minimum Gasteiger partial charge on any atom is -0.371 e. The zero-order valence-corrected chi connectivity index (χ0v) is 10.5. The first kappa shape index (κ1) is 11.5. The molecule has 1 aromatic carbocycles. The lowest BCUT2D eigenvalue weighted by atomic mass is 10.0. The second-order valence-corrected chi connectivity index (χ2v) is 5.16. The van der Waals surface area contributed by atoms with E-state index in [2.05, 4.69) is 44.0 Å². The maximum atomic E-state index is 5.92. The molecule has 1 fully saturated rings. The molecule has 2 rings (SSSR count). The lowest BCUT2D eigenvalue weighted by Gasteiger charge is -2.23. The van der Waals surface area contributed by atoms with Gasteiger partial charge in [-0.3, -0.25) is 0 Å². The van der Waals surface area contributed by atoms with Crippen LogP contribution < -0.4 is 10.6 Å². The fourth-order valence-electron chi connectivity index (χ4n) is 2.23. The van der Waals surface area contributed by atoms with Crippen molar-refractivity contribution in [1.82, 2.24) is 0 Å². The number of aryl methyl sites for hydroxylation is 1. The van der Waals surface area contributed by atoms with Crippen molar-refractivity contribution in [3.63, 3.8) is 0 Å². The average molecular weight is 218 g/mol. The summed E-state index contributed by atoms with van der Waals surface area (Å²) in [7, 11) is 2.20. The Morgan fingerprint density at radius 2 is 2.12 bits per heavy atom. The van der Waals surface area contributed by atoms with Gasteiger partial charge in [0.1, 0.15) is 0 Å². The lowest BCUT2D eigenvalue weighted by Crippen LogP contribution is -2.24. The molecule has 0 aliphatic heterocycles. The topological polar surface area (TPSA) is 29.3 Å². The molecule has 2 N–H and O–H groups in total. The van der Waals surface area contributed by atoms with Gasteiger partial charge in [-0.2, -0.15) is 0 Å². The van der Waals surface area contributed by atoms with Gasteiger partial charge in [-0.15, -0.1) is 0 Å². The monoisotopic (exact) mass is 218 g/mol. The van der Waals surface area contributed by atoms with Gasteiger partial charge >= 0.3 is 0 Å². The molecule has 0 radical (unpaired) electrons. The number of hydrogen-bond donors (Lipinski definition) is 1. The van der Waals surface area contributed by atoms with Crippen molar-refractivity contribution in [2.75, 3.05) is 11.9 Å². The normalized spacial score (nSPS) is 17.2. The Morgan fingerprint density at radius 1 is 1.44 bits per heavy atom. The standard InChI is InChI=1S/C14H22N2/c1-10-4-7-14(16(3)13-5-6-13)12(8-10)9-11(2)15/h4,7-8,11,13H,5-6,9,15H2,1-3H3. The molecule has 0 amide bonds. The highest BCUT2D eigenvalue weighted by atomic mass is 15.2. The molecule has 1 unspecified atom stereocenters. The first-order valence-corrected chi connectivity index (χ1v) is 6.16. The molecule has 0 saturated heterocycles. The molecule has 1 aromatic rings. The molecule has 1 atom stereocenters. The second kappa shape index (κ2) is 4.46. The van der Waals surface area contributed by atoms with E-state index in [1.54, 1.807) is 0 Å². The molecule has 2 nitrogen and oxygen atoms in total. The SMILES string of the molecule is Cc1ccc(N(C)C2CC2)c(CC(C)N)c1. The van der Waals surface area contributed by atoms with E-state index < -0.39 is 0 Å². The smallest absolute Gasteiger partial charge is 0.0399 e. The highest BCUT2D eigenvalue weighted by Crippen LogP contribution is 2.32. The van der Waals surface area contributed by atoms with E-state index in [0.717, 1.165) is 12.5 Å². The molecule has 0 aromatic heterocycles. The Bertz CT molecular complexity index is 367. The molecule has 0 bridgehead atoms. The molecule has 0 heterocycles. The van der Waals surface area contributed by atoms with Gasteiger partial charge in [-0.25, -0.2) is 0 Å². The predicted octanol–water partition coefficient (Wildman–Crippen LogP) is 2.48. The van der Waals surface area contributed by atoms with Crippen LogP contribution in [0.25, 0.3) is 0 Å². The first-order valence-electron chi connectivity index (χ1n) is 6.16. The van der Waals surface area contributed by atoms with Crippen LogP contribution in [0.2, 0.25) is 0 Å². The molecule has 1 saturated carbocycles. The van der Waals surface area contributed by atoms with Gasteiger partial charge in [0.2, 0.25) is 0 Å². The Labute approximate surface area is 98.4 Å². The van der Waals surface area contributed by atoms with E-state index in [4.69, 9.17) is 5.73 Å². The Balaban J connectivity index is 2.27. The molecule has 16 heavy (non-hydrogen) atoms. The lowest BCUT2D eigenvalue weighted by molar-refractivity contribution is 0.733. The maximum absolute atomic E-state index is 5.92. The average Bonchev–Trinajstić information content (AvgIpc) is 2.99. The van der Waals surface area contributed by atoms with Crippen LogP contribution in [0.15, 0.2) is 18.2 Å². The van der Waals surface area contributed by atoms with Crippen molar-refractivity contribution in [2.24, 2.45) is 5.73 Å². The summed E-state index contributed by atoms with van der Waals surface area (Å²) in [6, 6.07) is 7.70. The Hall–Kier alpha value is -1.02. The van der Waals surface area contributed by atoms with Gasteiger partial charge in [0.25, 0.3) is 0 Å². The first-order chi connectivity index (χ1) is 7.58. The summed E-state index contributed by atoms with van der Waals surface area (Å²) in [6.45, 7) is 4.22. The van der Waals surface area contributed by atoms with Crippen molar-refractivity contribution >= 4 is 5.69 Å². The summed E-state index contributed by atoms with van der Waals surface area (Å²) >= 11 is 0. The number of rotatable bonds is 4. The summed E-state index contributed by atoms with van der Waals surface area (Å²) in [4.78, 5) is 2.41. The highest BCUT2D eigenvalue weighted by molar-refractivity contribution is 5.56. The number of anilines is 1. The molecule has 1 aliphatic rings. The van der Waals surface area contributed by atoms with E-state index in [1.807, 2.05) is 0 Å². The van der Waals surface area contributed by atoms with E-state index in [0.29, 0.717) is 0 Å². The van der Waals surface area contributed by atoms with Gasteiger partial charge in [0.05, 0.1) is 0 Å². The summed E-state index contributed by atoms with van der Waals surface area (Å²) in [5, 5.41) is 0. The van der Waals surface area contributed by atoms with Gasteiger partial charge in [0, 0.05) is 24.8 Å². The van der Waals surface area contributed by atoms with Crippen LogP contribution >= 0.6 is 0 Å². The van der Waals surface area contributed by atoms with Crippen molar-refractivity contribution in [3.8, 4) is 0 Å². The Morgan fingerprint density at radius 3 is 2.69 bits per heavy atom. The molecule has 2 heteroatoms. The fourth-order valence-corrected chi connectivity index (χ4v) is 2.23. The largest absolute Gasteiger partial charge is 0.371 e. The van der Waals surface area contributed by atoms with Crippen molar-refractivity contribution in [3.05, 3.63) is 29.3 Å². The molecule has 0 spiro atoms. The van der Waals surface area contributed by atoms with E-state index in [1.165, 1.54) is 29.7 Å². The van der Waals surface area contributed by atoms with Crippen molar-refractivity contribution in [2.45, 2.75) is 45.2 Å². The zero-order chi connectivity index (χ0) is 11.7. The summed E-state index contributed by atoms with van der Waals surface area (Å²) < 4.78 is 0. The third-order valence-corrected chi connectivity index (χ3v) is 3.25. The molecule has 88 valence electrons. The zero-order valence-electron chi connectivity index (χ0n) is 10.5. The van der Waals surface area contributed by atoms with Crippen molar-refractivity contribution < 1.29 is 0 Å². The summed E-state index contributed by atoms with van der Waals surface area (Å²) in [5.41, 5.74) is 10.00. The van der Waals surface area contributed by atoms with Crippen LogP contribution in [0.1, 0.15) is 30.9 Å². The minimum absolute atomic E-state index is 0.230. The van der Waals surface area contributed by atoms with Crippen LogP contribution in [-0.2, 0) is 6.42 Å². The van der Waals surface area contributed by atoms with Crippen LogP contribution in [0.5, 0.6) is 0 Å². The van der Waals surface area contributed by atoms with E-state index in [-0.39, 0.29) is 6.04 Å². The van der Waals surface area contributed by atoms with Crippen molar-refractivity contribution in [1.29, 1.82) is 0 Å². The fraction of sp³-hybridized carbons (Fsp3) is 0.571.